The van der Waals surface area contributed by atoms with Gasteiger partial charge in [-0.2, -0.15) is 0 Å². The molecule has 0 bridgehead atoms. The quantitative estimate of drug-likeness (QED) is 0.433. The largest absolute Gasteiger partial charge is 0.491 e. The molecule has 27 heavy (non-hydrogen) atoms. The highest BCUT2D eigenvalue weighted by atomic mass is 32.2. The Morgan fingerprint density at radius 3 is 2.52 bits per heavy atom. The first-order valence-corrected chi connectivity index (χ1v) is 11.0. The summed E-state index contributed by atoms with van der Waals surface area (Å²) >= 11 is 0. The van der Waals surface area contributed by atoms with Crippen molar-refractivity contribution in [3.05, 3.63) is 29.8 Å². The van der Waals surface area contributed by atoms with Crippen LogP contribution in [-0.4, -0.2) is 56.2 Å². The zero-order valence-corrected chi connectivity index (χ0v) is 17.9. The van der Waals surface area contributed by atoms with Gasteiger partial charge in [0.05, 0.1) is 23.5 Å². The van der Waals surface area contributed by atoms with Crippen LogP contribution < -0.4 is 15.4 Å². The molecule has 0 aliphatic carbocycles. The number of benzene rings is 1. The molecule has 0 saturated heterocycles. The summed E-state index contributed by atoms with van der Waals surface area (Å²) in [6, 6.07) is 7.33. The molecule has 1 atom stereocenters. The maximum absolute atomic E-state index is 11.8. The van der Waals surface area contributed by atoms with E-state index in [0.717, 1.165) is 5.56 Å². The van der Waals surface area contributed by atoms with E-state index in [2.05, 4.69) is 15.6 Å². The van der Waals surface area contributed by atoms with Gasteiger partial charge in [0.2, 0.25) is 0 Å². The Morgan fingerprint density at radius 2 is 1.96 bits per heavy atom. The number of sulfone groups is 1. The average molecular weight is 400 g/mol. The molecule has 7 nitrogen and oxygen atoms in total. The summed E-state index contributed by atoms with van der Waals surface area (Å²) in [5.74, 6) is 1.17. The molecule has 0 aliphatic heterocycles. The minimum absolute atomic E-state index is 0.0567. The van der Waals surface area contributed by atoms with Gasteiger partial charge in [-0.15, -0.1) is 0 Å². The summed E-state index contributed by atoms with van der Waals surface area (Å²) in [5.41, 5.74) is 0.730. The third-order valence-corrected chi connectivity index (χ3v) is 6.18. The van der Waals surface area contributed by atoms with Crippen molar-refractivity contribution >= 4 is 15.8 Å². The van der Waals surface area contributed by atoms with Gasteiger partial charge in [-0.05, 0) is 52.3 Å². The lowest BCUT2D eigenvalue weighted by Crippen LogP contribution is -2.42. The lowest BCUT2D eigenvalue weighted by atomic mass is 10.1. The first-order valence-electron chi connectivity index (χ1n) is 9.12. The molecule has 0 aliphatic rings. The maximum Gasteiger partial charge on any atom is 0.191 e. The second-order valence-corrected chi connectivity index (χ2v) is 10.0. The van der Waals surface area contributed by atoms with Crippen molar-refractivity contribution in [2.24, 2.45) is 4.99 Å². The van der Waals surface area contributed by atoms with Crippen LogP contribution in [0.5, 0.6) is 5.75 Å². The van der Waals surface area contributed by atoms with Crippen LogP contribution in [0.1, 0.15) is 46.3 Å². The molecule has 0 fully saturated rings. The lowest BCUT2D eigenvalue weighted by Gasteiger charge is -2.21. The summed E-state index contributed by atoms with van der Waals surface area (Å²) in [5, 5.41) is 16.6. The van der Waals surface area contributed by atoms with Crippen LogP contribution in [0.4, 0.5) is 0 Å². The minimum Gasteiger partial charge on any atom is -0.491 e. The van der Waals surface area contributed by atoms with E-state index in [-0.39, 0.29) is 19.2 Å². The van der Waals surface area contributed by atoms with E-state index in [1.165, 1.54) is 6.26 Å². The van der Waals surface area contributed by atoms with E-state index in [1.807, 2.05) is 45.0 Å². The zero-order valence-electron chi connectivity index (χ0n) is 17.1. The normalized spacial score (nSPS) is 14.1. The molecule has 3 N–H and O–H groups in total. The van der Waals surface area contributed by atoms with Crippen LogP contribution in [0.3, 0.4) is 0 Å². The van der Waals surface area contributed by atoms with Crippen LogP contribution in [0, 0.1) is 0 Å². The Balaban J connectivity index is 2.77. The molecule has 0 aromatic heterocycles. The molecule has 0 amide bonds. The Labute approximate surface area is 163 Å². The standard InChI is InChI=1S/C19H33N3O4S/c1-7-20-18(22-13-19(4,5)27(6,24)25)21-12-17(23)15-9-8-10-16(11-15)26-14(2)3/h8-11,14,17,23H,7,12-13H2,1-6H3,(H2,20,21,22). The zero-order chi connectivity index (χ0) is 20.7. The number of rotatable bonds is 9. The van der Waals surface area contributed by atoms with Gasteiger partial charge in [0.25, 0.3) is 0 Å². The summed E-state index contributed by atoms with van der Waals surface area (Å²) in [7, 11) is -3.23. The van der Waals surface area contributed by atoms with Crippen molar-refractivity contribution in [1.82, 2.24) is 10.6 Å². The fraction of sp³-hybridized carbons (Fsp3) is 0.632. The van der Waals surface area contributed by atoms with Gasteiger partial charge in [0.15, 0.2) is 15.8 Å². The number of nitrogens with one attached hydrogen (secondary N) is 2. The van der Waals surface area contributed by atoms with E-state index in [9.17, 15) is 13.5 Å². The van der Waals surface area contributed by atoms with Crippen molar-refractivity contribution in [3.63, 3.8) is 0 Å². The molecule has 154 valence electrons. The van der Waals surface area contributed by atoms with Crippen LogP contribution in [-0.2, 0) is 9.84 Å². The van der Waals surface area contributed by atoms with Crippen molar-refractivity contribution in [3.8, 4) is 5.75 Å². The van der Waals surface area contributed by atoms with Crippen molar-refractivity contribution in [2.75, 3.05) is 25.9 Å². The van der Waals surface area contributed by atoms with E-state index < -0.39 is 20.7 Å². The molecular formula is C19H33N3O4S. The molecule has 0 heterocycles. The van der Waals surface area contributed by atoms with Gasteiger partial charge in [-0.1, -0.05) is 12.1 Å². The third kappa shape index (κ3) is 7.76. The lowest BCUT2D eigenvalue weighted by molar-refractivity contribution is 0.179. The van der Waals surface area contributed by atoms with Gasteiger partial charge in [0, 0.05) is 19.3 Å². The van der Waals surface area contributed by atoms with Gasteiger partial charge in [-0.3, -0.25) is 4.99 Å². The third-order valence-electron chi connectivity index (χ3n) is 4.04. The highest BCUT2D eigenvalue weighted by molar-refractivity contribution is 7.92. The fourth-order valence-corrected chi connectivity index (χ4v) is 2.41. The molecule has 1 unspecified atom stereocenters. The van der Waals surface area contributed by atoms with Crippen LogP contribution >= 0.6 is 0 Å². The SMILES string of the molecule is CCNC(=NCC(C)(C)S(C)(=O)=O)NCC(O)c1cccc(OC(C)C)c1. The molecular weight excluding hydrogens is 366 g/mol. The Kier molecular flexibility index (Phi) is 8.56. The molecule has 1 aromatic rings. The number of hydrogen-bond donors (Lipinski definition) is 3. The van der Waals surface area contributed by atoms with E-state index in [1.54, 1.807) is 13.8 Å². The van der Waals surface area contributed by atoms with Crippen molar-refractivity contribution in [2.45, 2.75) is 51.6 Å². The fourth-order valence-electron chi connectivity index (χ4n) is 2.11. The van der Waals surface area contributed by atoms with Crippen molar-refractivity contribution in [1.29, 1.82) is 0 Å². The Hall–Kier alpha value is -1.80. The molecule has 0 radical (unpaired) electrons. The molecule has 0 saturated carbocycles. The van der Waals surface area contributed by atoms with Gasteiger partial charge in [0.1, 0.15) is 5.75 Å². The summed E-state index contributed by atoms with van der Waals surface area (Å²) in [6.45, 7) is 10.1. The van der Waals surface area contributed by atoms with Crippen LogP contribution in [0.2, 0.25) is 0 Å². The summed E-state index contributed by atoms with van der Waals surface area (Å²) in [4.78, 5) is 4.35. The number of ether oxygens (including phenoxy) is 1. The molecule has 1 aromatic carbocycles. The van der Waals surface area contributed by atoms with Crippen LogP contribution in [0.15, 0.2) is 29.3 Å². The molecule has 0 spiro atoms. The Bertz CT molecular complexity index is 730. The van der Waals surface area contributed by atoms with Gasteiger partial charge < -0.3 is 20.5 Å². The topological polar surface area (TPSA) is 100 Å². The smallest absolute Gasteiger partial charge is 0.191 e. The predicted octanol–water partition coefficient (Wildman–Crippen LogP) is 1.89. The number of aliphatic hydroxyl groups is 1. The monoisotopic (exact) mass is 399 g/mol. The summed E-state index contributed by atoms with van der Waals surface area (Å²) in [6.07, 6.45) is 0.507. The van der Waals surface area contributed by atoms with E-state index in [4.69, 9.17) is 4.74 Å². The molecule has 8 heteroatoms. The first kappa shape index (κ1) is 23.2. The second kappa shape index (κ2) is 9.94. The minimum atomic E-state index is -3.23. The highest BCUT2D eigenvalue weighted by Crippen LogP contribution is 2.20. The second-order valence-electron chi connectivity index (χ2n) is 7.36. The summed E-state index contributed by atoms with van der Waals surface area (Å²) < 4.78 is 28.3. The number of aliphatic hydroxyl groups excluding tert-OH is 1. The predicted molar refractivity (Wildman–Crippen MR) is 110 cm³/mol. The Morgan fingerprint density at radius 1 is 1.30 bits per heavy atom. The van der Waals surface area contributed by atoms with E-state index >= 15 is 0 Å². The van der Waals surface area contributed by atoms with Gasteiger partial charge in [-0.25, -0.2) is 8.42 Å². The van der Waals surface area contributed by atoms with Gasteiger partial charge >= 0.3 is 0 Å². The number of aliphatic imine (C=N–C) groups is 1. The van der Waals surface area contributed by atoms with Crippen molar-refractivity contribution < 1.29 is 18.3 Å². The molecule has 1 rings (SSSR count). The number of hydrogen-bond acceptors (Lipinski definition) is 5. The number of guanidine groups is 1. The first-order chi connectivity index (χ1) is 12.5. The van der Waals surface area contributed by atoms with Crippen LogP contribution in [0.25, 0.3) is 0 Å². The average Bonchev–Trinajstić information content (AvgIpc) is 2.55. The number of nitrogens with zero attached hydrogens (tertiary/aromatic N) is 1. The van der Waals surface area contributed by atoms with E-state index in [0.29, 0.717) is 18.3 Å². The highest BCUT2D eigenvalue weighted by Gasteiger charge is 2.30. The maximum atomic E-state index is 11.8.